The summed E-state index contributed by atoms with van der Waals surface area (Å²) in [5.74, 6) is 0.184. The summed E-state index contributed by atoms with van der Waals surface area (Å²) in [5, 5.41) is 13.9. The summed E-state index contributed by atoms with van der Waals surface area (Å²) in [6, 6.07) is 12.5. The number of hydrogen-bond acceptors (Lipinski definition) is 3. The zero-order valence-corrected chi connectivity index (χ0v) is 13.5. The number of fused-ring (bicyclic) bond motifs is 1. The zero-order valence-electron chi connectivity index (χ0n) is 12.8. The first-order chi connectivity index (χ1) is 11.1. The quantitative estimate of drug-likeness (QED) is 0.904. The van der Waals surface area contributed by atoms with E-state index in [4.69, 9.17) is 16.3 Å². The zero-order chi connectivity index (χ0) is 16.4. The minimum atomic E-state index is -1.23. The normalized spacial score (nSPS) is 17.4. The summed E-state index contributed by atoms with van der Waals surface area (Å²) < 4.78 is 5.12. The molecule has 2 aromatic carbocycles. The summed E-state index contributed by atoms with van der Waals surface area (Å²) >= 11 is 6.19. The smallest absolute Gasteiger partial charge is 0.253 e. The van der Waals surface area contributed by atoms with Gasteiger partial charge in [-0.25, -0.2) is 0 Å². The van der Waals surface area contributed by atoms with E-state index in [0.29, 0.717) is 11.3 Å². The number of nitrogens with one attached hydrogen (secondary N) is 1. The van der Waals surface area contributed by atoms with Crippen LogP contribution in [0.1, 0.15) is 35.3 Å². The number of ether oxygens (including phenoxy) is 1. The Labute approximate surface area is 140 Å². The van der Waals surface area contributed by atoms with E-state index in [1.165, 1.54) is 0 Å². The Balaban J connectivity index is 1.74. The third kappa shape index (κ3) is 3.19. The Morgan fingerprint density at radius 3 is 2.91 bits per heavy atom. The number of rotatable bonds is 4. The van der Waals surface area contributed by atoms with E-state index in [-0.39, 0.29) is 6.04 Å². The molecule has 1 aliphatic carbocycles. The van der Waals surface area contributed by atoms with Gasteiger partial charge in [-0.1, -0.05) is 35.9 Å². The van der Waals surface area contributed by atoms with E-state index in [1.807, 2.05) is 18.2 Å². The Hall–Kier alpha value is -2.04. The Kier molecular flexibility index (Phi) is 4.55. The first kappa shape index (κ1) is 15.8. The molecular formula is C18H18ClNO3. The molecule has 0 saturated heterocycles. The number of aliphatic hydroxyl groups excluding tert-OH is 1. The van der Waals surface area contributed by atoms with Crippen LogP contribution in [0.15, 0.2) is 42.5 Å². The van der Waals surface area contributed by atoms with Gasteiger partial charge < -0.3 is 15.2 Å². The van der Waals surface area contributed by atoms with Crippen molar-refractivity contribution in [2.24, 2.45) is 0 Å². The summed E-state index contributed by atoms with van der Waals surface area (Å²) in [7, 11) is 1.55. The highest BCUT2D eigenvalue weighted by Gasteiger charge is 2.28. The van der Waals surface area contributed by atoms with Gasteiger partial charge in [-0.05, 0) is 47.7 Å². The highest BCUT2D eigenvalue weighted by molar-refractivity contribution is 6.31. The maximum atomic E-state index is 12.4. The molecule has 0 fully saturated rings. The molecule has 3 rings (SSSR count). The molecule has 1 aliphatic rings. The molecule has 0 saturated carbocycles. The first-order valence-electron chi connectivity index (χ1n) is 7.50. The second-order valence-corrected chi connectivity index (χ2v) is 5.99. The molecule has 1 amide bonds. The van der Waals surface area contributed by atoms with Crippen molar-refractivity contribution in [2.75, 3.05) is 7.11 Å². The van der Waals surface area contributed by atoms with Gasteiger partial charge in [0.2, 0.25) is 0 Å². The van der Waals surface area contributed by atoms with E-state index in [1.54, 1.807) is 31.4 Å². The maximum Gasteiger partial charge on any atom is 0.253 e. The maximum absolute atomic E-state index is 12.4. The monoisotopic (exact) mass is 331 g/mol. The SMILES string of the molecule is COc1cccc(C(O)C(=O)NC2CCc3c(Cl)cccc32)c1. The largest absolute Gasteiger partial charge is 0.497 e. The molecule has 2 atom stereocenters. The lowest BCUT2D eigenvalue weighted by molar-refractivity contribution is -0.130. The van der Waals surface area contributed by atoms with Gasteiger partial charge in [0.1, 0.15) is 5.75 Å². The van der Waals surface area contributed by atoms with Gasteiger partial charge in [0.25, 0.3) is 5.91 Å². The lowest BCUT2D eigenvalue weighted by Gasteiger charge is -2.18. The van der Waals surface area contributed by atoms with Gasteiger partial charge in [-0.2, -0.15) is 0 Å². The minimum absolute atomic E-state index is 0.114. The average Bonchev–Trinajstić information content (AvgIpc) is 2.98. The molecular weight excluding hydrogens is 314 g/mol. The van der Waals surface area contributed by atoms with Gasteiger partial charge in [0.15, 0.2) is 6.10 Å². The number of carbonyl (C=O) groups is 1. The number of halogens is 1. The van der Waals surface area contributed by atoms with Crippen molar-refractivity contribution in [3.8, 4) is 5.75 Å². The fourth-order valence-electron chi connectivity index (χ4n) is 2.97. The van der Waals surface area contributed by atoms with E-state index in [0.717, 1.165) is 29.0 Å². The summed E-state index contributed by atoms with van der Waals surface area (Å²) in [6.45, 7) is 0. The van der Waals surface area contributed by atoms with Crippen LogP contribution in [0.25, 0.3) is 0 Å². The van der Waals surface area contributed by atoms with Crippen molar-refractivity contribution >= 4 is 17.5 Å². The second kappa shape index (κ2) is 6.60. The molecule has 2 aromatic rings. The van der Waals surface area contributed by atoms with Crippen molar-refractivity contribution in [2.45, 2.75) is 25.0 Å². The molecule has 0 heterocycles. The summed E-state index contributed by atoms with van der Waals surface area (Å²) in [5.41, 5.74) is 2.62. The Morgan fingerprint density at radius 1 is 1.35 bits per heavy atom. The second-order valence-electron chi connectivity index (χ2n) is 5.59. The molecule has 0 aliphatic heterocycles. The number of hydrogen-bond donors (Lipinski definition) is 2. The van der Waals surface area contributed by atoms with Crippen molar-refractivity contribution in [3.63, 3.8) is 0 Å². The van der Waals surface area contributed by atoms with E-state index >= 15 is 0 Å². The van der Waals surface area contributed by atoms with Crippen LogP contribution >= 0.6 is 11.6 Å². The van der Waals surface area contributed by atoms with Crippen molar-refractivity contribution in [1.82, 2.24) is 5.32 Å². The van der Waals surface area contributed by atoms with Crippen LogP contribution in [0, 0.1) is 0 Å². The van der Waals surface area contributed by atoms with E-state index < -0.39 is 12.0 Å². The van der Waals surface area contributed by atoms with Gasteiger partial charge >= 0.3 is 0 Å². The minimum Gasteiger partial charge on any atom is -0.497 e. The van der Waals surface area contributed by atoms with Crippen LogP contribution in [0.5, 0.6) is 5.75 Å². The highest BCUT2D eigenvalue weighted by Crippen LogP contribution is 2.35. The van der Waals surface area contributed by atoms with Crippen LogP contribution in [-0.4, -0.2) is 18.1 Å². The Morgan fingerprint density at radius 2 is 2.13 bits per heavy atom. The first-order valence-corrected chi connectivity index (χ1v) is 7.87. The third-order valence-corrected chi connectivity index (χ3v) is 4.54. The van der Waals surface area contributed by atoms with Gasteiger partial charge in [-0.15, -0.1) is 0 Å². The number of benzene rings is 2. The molecule has 0 aromatic heterocycles. The number of carbonyl (C=O) groups excluding carboxylic acids is 1. The fourth-order valence-corrected chi connectivity index (χ4v) is 3.25. The number of aliphatic hydroxyl groups is 1. The van der Waals surface area contributed by atoms with E-state index in [2.05, 4.69) is 5.32 Å². The fraction of sp³-hybridized carbons (Fsp3) is 0.278. The third-order valence-electron chi connectivity index (χ3n) is 4.19. The topological polar surface area (TPSA) is 58.6 Å². The molecule has 23 heavy (non-hydrogen) atoms. The Bertz CT molecular complexity index is 732. The van der Waals surface area contributed by atoms with Crippen LogP contribution in [0.3, 0.4) is 0 Å². The number of amides is 1. The predicted molar refractivity (Wildman–Crippen MR) is 88.6 cm³/mol. The van der Waals surface area contributed by atoms with Gasteiger partial charge in [0.05, 0.1) is 13.2 Å². The summed E-state index contributed by atoms with van der Waals surface area (Å²) in [6.07, 6.45) is 0.388. The molecule has 0 bridgehead atoms. The standard InChI is InChI=1S/C18H18ClNO3/c1-23-12-5-2-4-11(10-12)17(21)18(22)20-16-9-8-13-14(16)6-3-7-15(13)19/h2-7,10,16-17,21H,8-9H2,1H3,(H,20,22). The molecule has 0 radical (unpaired) electrons. The van der Waals surface area contributed by atoms with Gasteiger partial charge in [0, 0.05) is 5.02 Å². The van der Waals surface area contributed by atoms with E-state index in [9.17, 15) is 9.90 Å². The molecule has 0 spiro atoms. The summed E-state index contributed by atoms with van der Waals surface area (Å²) in [4.78, 5) is 12.4. The average molecular weight is 332 g/mol. The molecule has 4 nitrogen and oxygen atoms in total. The van der Waals surface area contributed by atoms with Gasteiger partial charge in [-0.3, -0.25) is 4.79 Å². The van der Waals surface area contributed by atoms with Crippen LogP contribution < -0.4 is 10.1 Å². The molecule has 120 valence electrons. The van der Waals surface area contributed by atoms with Crippen molar-refractivity contribution < 1.29 is 14.6 Å². The van der Waals surface area contributed by atoms with Crippen LogP contribution in [-0.2, 0) is 11.2 Å². The lowest BCUT2D eigenvalue weighted by Crippen LogP contribution is -2.32. The van der Waals surface area contributed by atoms with Crippen molar-refractivity contribution in [1.29, 1.82) is 0 Å². The predicted octanol–water partition coefficient (Wildman–Crippen LogP) is 3.19. The molecule has 2 unspecified atom stereocenters. The lowest BCUT2D eigenvalue weighted by atomic mass is 10.1. The van der Waals surface area contributed by atoms with Crippen molar-refractivity contribution in [3.05, 3.63) is 64.2 Å². The molecule has 5 heteroatoms. The highest BCUT2D eigenvalue weighted by atomic mass is 35.5. The number of methoxy groups -OCH3 is 1. The molecule has 2 N–H and O–H groups in total. The van der Waals surface area contributed by atoms with Crippen LogP contribution in [0.4, 0.5) is 0 Å². The van der Waals surface area contributed by atoms with Crippen LogP contribution in [0.2, 0.25) is 5.02 Å².